The van der Waals surface area contributed by atoms with Crippen molar-refractivity contribution in [2.75, 3.05) is 4.90 Å². The SMILES string of the molecule is c1ccc(-c2ccc(N(c3ccccc3-c3ccccc3)c3cccc4c3C3(c5ccccc5-4)c4ccccc4-c4c3cc3c5c(cccc45)-c4ccccc4-3)cc2)cc1. The summed E-state index contributed by atoms with van der Waals surface area (Å²) in [5.74, 6) is 0. The zero-order valence-corrected chi connectivity index (χ0v) is 32.8. The molecule has 10 aromatic carbocycles. The Morgan fingerprint density at radius 3 is 1.57 bits per heavy atom. The van der Waals surface area contributed by atoms with Gasteiger partial charge in [-0.1, -0.05) is 194 Å². The van der Waals surface area contributed by atoms with Gasteiger partial charge in [0.25, 0.3) is 0 Å². The summed E-state index contributed by atoms with van der Waals surface area (Å²) < 4.78 is 0. The van der Waals surface area contributed by atoms with Gasteiger partial charge in [0.05, 0.1) is 16.8 Å². The van der Waals surface area contributed by atoms with Crippen molar-refractivity contribution in [2.45, 2.75) is 5.41 Å². The van der Waals surface area contributed by atoms with E-state index >= 15 is 0 Å². The lowest BCUT2D eigenvalue weighted by Crippen LogP contribution is -2.28. The molecule has 0 fully saturated rings. The first kappa shape index (κ1) is 33.3. The van der Waals surface area contributed by atoms with Crippen LogP contribution in [-0.4, -0.2) is 0 Å². The summed E-state index contributed by atoms with van der Waals surface area (Å²) in [7, 11) is 0. The molecule has 1 spiro atoms. The summed E-state index contributed by atoms with van der Waals surface area (Å²) in [6, 6.07) is 83.5. The first-order chi connectivity index (χ1) is 29.8. The molecule has 1 heteroatoms. The predicted molar refractivity (Wildman–Crippen MR) is 250 cm³/mol. The van der Waals surface area contributed by atoms with E-state index in [1.54, 1.807) is 0 Å². The van der Waals surface area contributed by atoms with E-state index in [2.05, 4.69) is 229 Å². The fraction of sp³-hybridized carbons (Fsp3) is 0.0169. The number of hydrogen-bond donors (Lipinski definition) is 0. The molecule has 3 aliphatic rings. The molecule has 0 saturated carbocycles. The van der Waals surface area contributed by atoms with Crippen molar-refractivity contribution in [1.29, 1.82) is 0 Å². The molecule has 13 rings (SSSR count). The molecule has 0 bridgehead atoms. The Hall–Kier alpha value is -7.74. The highest BCUT2D eigenvalue weighted by atomic mass is 15.1. The topological polar surface area (TPSA) is 3.24 Å². The first-order valence-corrected chi connectivity index (χ1v) is 20.9. The van der Waals surface area contributed by atoms with Gasteiger partial charge in [-0.3, -0.25) is 0 Å². The van der Waals surface area contributed by atoms with E-state index in [1.807, 2.05) is 0 Å². The lowest BCUT2D eigenvalue weighted by atomic mass is 9.69. The number of para-hydroxylation sites is 1. The molecule has 3 aliphatic carbocycles. The number of nitrogens with zero attached hydrogens (tertiary/aromatic N) is 1. The van der Waals surface area contributed by atoms with Crippen LogP contribution in [0.25, 0.3) is 77.5 Å². The van der Waals surface area contributed by atoms with Gasteiger partial charge in [0.15, 0.2) is 0 Å². The van der Waals surface area contributed by atoms with Crippen molar-refractivity contribution in [3.05, 3.63) is 247 Å². The molecule has 0 saturated heterocycles. The quantitative estimate of drug-likeness (QED) is 0.169. The average molecular weight is 760 g/mol. The second-order valence-corrected chi connectivity index (χ2v) is 16.3. The number of fused-ring (bicyclic) bond motifs is 14. The van der Waals surface area contributed by atoms with Crippen molar-refractivity contribution in [3.8, 4) is 66.8 Å². The standard InChI is InChI=1S/C59H37N/c1-3-17-38(18-4-1)39-33-35-41(36-34-39)60(54-31-14-11-21-42(54)40-19-5-2-6-20-40)55-32-16-27-47-45-24-9-12-29-51(45)59(58(47)55)52-30-13-10-25-48(52)57-49-28-15-26-46-43-22-7-8-23-44(43)50(56(46)49)37-53(57)59/h1-37H. The molecular formula is C59H37N. The molecule has 0 aromatic heterocycles. The van der Waals surface area contributed by atoms with Gasteiger partial charge in [-0.15, -0.1) is 0 Å². The van der Waals surface area contributed by atoms with Crippen LogP contribution in [0, 0.1) is 0 Å². The third kappa shape index (κ3) is 4.41. The molecule has 0 N–H and O–H groups in total. The van der Waals surface area contributed by atoms with E-state index in [-0.39, 0.29) is 0 Å². The van der Waals surface area contributed by atoms with E-state index in [0.29, 0.717) is 0 Å². The Labute approximate surface area is 350 Å². The van der Waals surface area contributed by atoms with E-state index in [4.69, 9.17) is 0 Å². The van der Waals surface area contributed by atoms with Crippen LogP contribution in [0.2, 0.25) is 0 Å². The highest BCUT2D eigenvalue weighted by Gasteiger charge is 2.54. The Balaban J connectivity index is 1.16. The van der Waals surface area contributed by atoms with Crippen molar-refractivity contribution in [1.82, 2.24) is 0 Å². The van der Waals surface area contributed by atoms with Crippen molar-refractivity contribution >= 4 is 27.8 Å². The highest BCUT2D eigenvalue weighted by Crippen LogP contribution is 2.67. The van der Waals surface area contributed by atoms with Gasteiger partial charge < -0.3 is 4.90 Å². The maximum absolute atomic E-state index is 2.58. The van der Waals surface area contributed by atoms with Gasteiger partial charge in [0.2, 0.25) is 0 Å². The minimum Gasteiger partial charge on any atom is -0.310 e. The van der Waals surface area contributed by atoms with Gasteiger partial charge in [-0.25, -0.2) is 0 Å². The number of rotatable bonds is 5. The maximum atomic E-state index is 2.58. The average Bonchev–Trinajstić information content (AvgIpc) is 3.93. The summed E-state index contributed by atoms with van der Waals surface area (Å²) in [5, 5.41) is 2.69. The van der Waals surface area contributed by atoms with Crippen LogP contribution in [0.1, 0.15) is 22.3 Å². The summed E-state index contributed by atoms with van der Waals surface area (Å²) in [6.45, 7) is 0. The van der Waals surface area contributed by atoms with Crippen LogP contribution in [0.4, 0.5) is 17.1 Å². The van der Waals surface area contributed by atoms with Crippen LogP contribution in [0.5, 0.6) is 0 Å². The smallest absolute Gasteiger partial charge is 0.0746 e. The van der Waals surface area contributed by atoms with Crippen molar-refractivity contribution in [3.63, 3.8) is 0 Å². The summed E-state index contributed by atoms with van der Waals surface area (Å²) >= 11 is 0. The fourth-order valence-electron chi connectivity index (χ4n) is 11.1. The van der Waals surface area contributed by atoms with Crippen LogP contribution < -0.4 is 4.90 Å². The molecule has 0 radical (unpaired) electrons. The van der Waals surface area contributed by atoms with E-state index in [1.165, 1.54) is 105 Å². The lowest BCUT2D eigenvalue weighted by molar-refractivity contribution is 0.794. The van der Waals surface area contributed by atoms with Crippen LogP contribution in [0.15, 0.2) is 224 Å². The predicted octanol–water partition coefficient (Wildman–Crippen LogP) is 15.6. The minimum absolute atomic E-state index is 0.587. The maximum Gasteiger partial charge on any atom is 0.0746 e. The van der Waals surface area contributed by atoms with E-state index in [9.17, 15) is 0 Å². The molecular weight excluding hydrogens is 723 g/mol. The van der Waals surface area contributed by atoms with Crippen LogP contribution >= 0.6 is 0 Å². The Kier molecular flexibility index (Phi) is 7.00. The van der Waals surface area contributed by atoms with Gasteiger partial charge in [0, 0.05) is 16.8 Å². The summed E-state index contributed by atoms with van der Waals surface area (Å²) in [4.78, 5) is 2.54. The molecule has 1 unspecified atom stereocenters. The Morgan fingerprint density at radius 2 is 0.817 bits per heavy atom. The molecule has 60 heavy (non-hydrogen) atoms. The zero-order chi connectivity index (χ0) is 39.4. The molecule has 0 aliphatic heterocycles. The largest absolute Gasteiger partial charge is 0.310 e. The Bertz CT molecular complexity index is 3360. The number of anilines is 3. The second-order valence-electron chi connectivity index (χ2n) is 16.3. The second kappa shape index (κ2) is 12.6. The van der Waals surface area contributed by atoms with Gasteiger partial charge in [-0.05, 0) is 119 Å². The molecule has 10 aromatic rings. The fourth-order valence-corrected chi connectivity index (χ4v) is 11.1. The molecule has 1 nitrogen and oxygen atoms in total. The van der Waals surface area contributed by atoms with Crippen molar-refractivity contribution in [2.24, 2.45) is 0 Å². The molecule has 0 amide bonds. The van der Waals surface area contributed by atoms with Crippen molar-refractivity contribution < 1.29 is 0 Å². The van der Waals surface area contributed by atoms with Crippen LogP contribution in [-0.2, 0) is 5.41 Å². The van der Waals surface area contributed by atoms with E-state index < -0.39 is 5.41 Å². The van der Waals surface area contributed by atoms with Gasteiger partial charge in [-0.2, -0.15) is 0 Å². The molecule has 0 heterocycles. The van der Waals surface area contributed by atoms with Crippen LogP contribution in [0.3, 0.4) is 0 Å². The third-order valence-corrected chi connectivity index (χ3v) is 13.4. The number of benzene rings is 10. The first-order valence-electron chi connectivity index (χ1n) is 20.9. The summed E-state index contributed by atoms with van der Waals surface area (Å²) in [5.41, 5.74) is 23.5. The minimum atomic E-state index is -0.587. The summed E-state index contributed by atoms with van der Waals surface area (Å²) in [6.07, 6.45) is 0. The third-order valence-electron chi connectivity index (χ3n) is 13.4. The monoisotopic (exact) mass is 759 g/mol. The molecule has 1 atom stereocenters. The Morgan fingerprint density at radius 1 is 0.300 bits per heavy atom. The van der Waals surface area contributed by atoms with E-state index in [0.717, 1.165) is 11.4 Å². The lowest BCUT2D eigenvalue weighted by Gasteiger charge is -2.36. The highest BCUT2D eigenvalue weighted by molar-refractivity contribution is 6.21. The number of hydrogen-bond acceptors (Lipinski definition) is 1. The van der Waals surface area contributed by atoms with Gasteiger partial charge >= 0.3 is 0 Å². The van der Waals surface area contributed by atoms with Gasteiger partial charge in [0.1, 0.15) is 0 Å². The normalized spacial score (nSPS) is 14.7. The molecule has 278 valence electrons. The zero-order valence-electron chi connectivity index (χ0n) is 32.8.